The average molecular weight is 153 g/mol. The number of rotatable bonds is 1. The molecule has 1 N–H and O–H groups in total. The van der Waals surface area contributed by atoms with Gasteiger partial charge < -0.3 is 5.32 Å². The maximum atomic E-state index is 10.9. The van der Waals surface area contributed by atoms with Gasteiger partial charge in [0.25, 0.3) is 0 Å². The quantitative estimate of drug-likeness (QED) is 0.600. The molecule has 0 spiro atoms. The predicted molar refractivity (Wildman–Crippen MR) is 40.7 cm³/mol. The molecule has 1 aliphatic rings. The van der Waals surface area contributed by atoms with Gasteiger partial charge in [0.2, 0.25) is 5.91 Å². The standard InChI is InChI=1S/C8H11NO2/c1-5-3-8(11)9-4-7(5)6(2)10/h4-5H,3H2,1-2H3,(H,9,11)/t5-/m1/s1. The van der Waals surface area contributed by atoms with E-state index in [9.17, 15) is 9.59 Å². The van der Waals surface area contributed by atoms with Crippen molar-refractivity contribution in [3.8, 4) is 0 Å². The van der Waals surface area contributed by atoms with Gasteiger partial charge in [-0.1, -0.05) is 6.92 Å². The van der Waals surface area contributed by atoms with E-state index in [0.29, 0.717) is 12.0 Å². The zero-order chi connectivity index (χ0) is 8.43. The largest absolute Gasteiger partial charge is 0.332 e. The number of carbonyl (C=O) groups is 2. The van der Waals surface area contributed by atoms with Crippen molar-refractivity contribution in [3.63, 3.8) is 0 Å². The van der Waals surface area contributed by atoms with Crippen LogP contribution < -0.4 is 5.32 Å². The van der Waals surface area contributed by atoms with Gasteiger partial charge in [-0.2, -0.15) is 0 Å². The highest BCUT2D eigenvalue weighted by molar-refractivity contribution is 5.96. The van der Waals surface area contributed by atoms with E-state index >= 15 is 0 Å². The van der Waals surface area contributed by atoms with Gasteiger partial charge in [-0.05, 0) is 12.8 Å². The van der Waals surface area contributed by atoms with Crippen LogP contribution in [-0.2, 0) is 9.59 Å². The fourth-order valence-electron chi connectivity index (χ4n) is 1.20. The molecule has 0 bridgehead atoms. The number of Topliss-reactive ketones (excluding diaryl/α,β-unsaturated/α-hetero) is 1. The van der Waals surface area contributed by atoms with E-state index in [-0.39, 0.29) is 17.6 Å². The minimum atomic E-state index is -0.0116. The molecule has 1 rings (SSSR count). The first-order valence-corrected chi connectivity index (χ1v) is 3.61. The molecule has 1 amide bonds. The first-order valence-electron chi connectivity index (χ1n) is 3.61. The van der Waals surface area contributed by atoms with Crippen LogP contribution in [0.25, 0.3) is 0 Å². The molecule has 1 heterocycles. The van der Waals surface area contributed by atoms with E-state index in [1.807, 2.05) is 6.92 Å². The molecule has 3 nitrogen and oxygen atoms in total. The van der Waals surface area contributed by atoms with Crippen LogP contribution >= 0.6 is 0 Å². The van der Waals surface area contributed by atoms with E-state index in [1.54, 1.807) is 0 Å². The number of nitrogens with one attached hydrogen (secondary N) is 1. The van der Waals surface area contributed by atoms with Crippen molar-refractivity contribution in [1.82, 2.24) is 5.32 Å². The molecule has 0 unspecified atom stereocenters. The SMILES string of the molecule is CC(=O)C1=CNC(=O)C[C@H]1C. The molecule has 0 aliphatic carbocycles. The van der Waals surface area contributed by atoms with Crippen LogP contribution in [0, 0.1) is 5.92 Å². The Morgan fingerprint density at radius 2 is 2.36 bits per heavy atom. The maximum absolute atomic E-state index is 10.9. The third-order valence-corrected chi connectivity index (χ3v) is 1.82. The lowest BCUT2D eigenvalue weighted by Crippen LogP contribution is -2.28. The molecule has 0 aromatic carbocycles. The monoisotopic (exact) mass is 153 g/mol. The normalized spacial score (nSPS) is 24.0. The van der Waals surface area contributed by atoms with E-state index in [2.05, 4.69) is 5.32 Å². The third-order valence-electron chi connectivity index (χ3n) is 1.82. The van der Waals surface area contributed by atoms with Gasteiger partial charge in [-0.15, -0.1) is 0 Å². The second-order valence-electron chi connectivity index (χ2n) is 2.83. The summed E-state index contributed by atoms with van der Waals surface area (Å²) < 4.78 is 0. The summed E-state index contributed by atoms with van der Waals surface area (Å²) in [5.74, 6) is 0.0984. The van der Waals surface area contributed by atoms with Crippen LogP contribution in [0.4, 0.5) is 0 Å². The van der Waals surface area contributed by atoms with E-state index in [0.717, 1.165) is 0 Å². The Hall–Kier alpha value is -1.12. The van der Waals surface area contributed by atoms with Crippen molar-refractivity contribution in [3.05, 3.63) is 11.8 Å². The molecular weight excluding hydrogens is 142 g/mol. The third kappa shape index (κ3) is 1.67. The van der Waals surface area contributed by atoms with Crippen LogP contribution in [0.1, 0.15) is 20.3 Å². The van der Waals surface area contributed by atoms with Gasteiger partial charge in [0.05, 0.1) is 0 Å². The zero-order valence-electron chi connectivity index (χ0n) is 6.68. The molecule has 11 heavy (non-hydrogen) atoms. The zero-order valence-corrected chi connectivity index (χ0v) is 6.68. The van der Waals surface area contributed by atoms with Gasteiger partial charge in [0.15, 0.2) is 5.78 Å². The van der Waals surface area contributed by atoms with Gasteiger partial charge in [-0.3, -0.25) is 9.59 Å². The van der Waals surface area contributed by atoms with Crippen LogP contribution in [0.3, 0.4) is 0 Å². The number of ketones is 1. The number of carbonyl (C=O) groups excluding carboxylic acids is 2. The highest BCUT2D eigenvalue weighted by Gasteiger charge is 2.20. The first-order chi connectivity index (χ1) is 5.11. The summed E-state index contributed by atoms with van der Waals surface area (Å²) >= 11 is 0. The number of allylic oxidation sites excluding steroid dienone is 1. The minimum absolute atomic E-state index is 0.0116. The fourth-order valence-corrected chi connectivity index (χ4v) is 1.20. The molecular formula is C8H11NO2. The Morgan fingerprint density at radius 3 is 2.82 bits per heavy atom. The van der Waals surface area contributed by atoms with Gasteiger partial charge in [-0.25, -0.2) is 0 Å². The van der Waals surface area contributed by atoms with Crippen LogP contribution in [0.2, 0.25) is 0 Å². The molecule has 3 heteroatoms. The Bertz CT molecular complexity index is 230. The number of hydrogen-bond acceptors (Lipinski definition) is 2. The molecule has 0 saturated carbocycles. The average Bonchev–Trinajstić information content (AvgIpc) is 1.85. The molecule has 60 valence electrons. The van der Waals surface area contributed by atoms with Crippen LogP contribution in [0.15, 0.2) is 11.8 Å². The highest BCUT2D eigenvalue weighted by atomic mass is 16.1. The fraction of sp³-hybridized carbons (Fsp3) is 0.500. The van der Waals surface area contributed by atoms with Gasteiger partial charge in [0.1, 0.15) is 0 Å². The maximum Gasteiger partial charge on any atom is 0.224 e. The Balaban J connectivity index is 2.80. The lowest BCUT2D eigenvalue weighted by Gasteiger charge is -2.17. The second kappa shape index (κ2) is 2.86. The summed E-state index contributed by atoms with van der Waals surface area (Å²) in [6, 6.07) is 0. The van der Waals surface area contributed by atoms with Crippen molar-refractivity contribution in [2.75, 3.05) is 0 Å². The van der Waals surface area contributed by atoms with Crippen molar-refractivity contribution >= 4 is 11.7 Å². The molecule has 0 saturated heterocycles. The second-order valence-corrected chi connectivity index (χ2v) is 2.83. The van der Waals surface area contributed by atoms with Crippen molar-refractivity contribution in [1.29, 1.82) is 0 Å². The van der Waals surface area contributed by atoms with E-state index in [4.69, 9.17) is 0 Å². The van der Waals surface area contributed by atoms with Crippen molar-refractivity contribution in [2.45, 2.75) is 20.3 Å². The lowest BCUT2D eigenvalue weighted by atomic mass is 9.93. The smallest absolute Gasteiger partial charge is 0.224 e. The number of amides is 1. The molecule has 0 aromatic rings. The van der Waals surface area contributed by atoms with E-state index < -0.39 is 0 Å². The Kier molecular flexibility index (Phi) is 2.08. The topological polar surface area (TPSA) is 46.2 Å². The Labute approximate surface area is 65.5 Å². The molecule has 1 aliphatic heterocycles. The summed E-state index contributed by atoms with van der Waals surface area (Å²) in [7, 11) is 0. The minimum Gasteiger partial charge on any atom is -0.332 e. The van der Waals surface area contributed by atoms with Gasteiger partial charge in [0, 0.05) is 18.2 Å². The first kappa shape index (κ1) is 7.98. The highest BCUT2D eigenvalue weighted by Crippen LogP contribution is 2.17. The van der Waals surface area contributed by atoms with Crippen molar-refractivity contribution < 1.29 is 9.59 Å². The molecule has 0 fully saturated rings. The summed E-state index contributed by atoms with van der Waals surface area (Å²) in [6.07, 6.45) is 1.93. The number of hydrogen-bond donors (Lipinski definition) is 1. The summed E-state index contributed by atoms with van der Waals surface area (Å²) in [4.78, 5) is 21.7. The van der Waals surface area contributed by atoms with Crippen LogP contribution in [-0.4, -0.2) is 11.7 Å². The molecule has 0 aromatic heterocycles. The van der Waals surface area contributed by atoms with E-state index in [1.165, 1.54) is 13.1 Å². The Morgan fingerprint density at radius 1 is 1.73 bits per heavy atom. The van der Waals surface area contributed by atoms with Crippen molar-refractivity contribution in [2.24, 2.45) is 5.92 Å². The summed E-state index contributed by atoms with van der Waals surface area (Å²) in [6.45, 7) is 3.39. The summed E-state index contributed by atoms with van der Waals surface area (Å²) in [5.41, 5.74) is 0.713. The predicted octanol–water partition coefficient (Wildman–Crippen LogP) is 0.615. The molecule has 1 atom stereocenters. The lowest BCUT2D eigenvalue weighted by molar-refractivity contribution is -0.121. The summed E-state index contributed by atoms with van der Waals surface area (Å²) in [5, 5.41) is 2.52. The van der Waals surface area contributed by atoms with Crippen LogP contribution in [0.5, 0.6) is 0 Å². The van der Waals surface area contributed by atoms with Gasteiger partial charge >= 0.3 is 0 Å². The molecule has 0 radical (unpaired) electrons.